The number of hydrogen-bond donors (Lipinski definition) is 3. The highest BCUT2D eigenvalue weighted by atomic mass is 19.4. The summed E-state index contributed by atoms with van der Waals surface area (Å²) in [6.07, 6.45) is -4.58. The Kier molecular flexibility index (Phi) is 6.34. The Morgan fingerprint density at radius 3 is 2.18 bits per heavy atom. The zero-order valence-electron chi connectivity index (χ0n) is 14.8. The van der Waals surface area contributed by atoms with Crippen LogP contribution in [0.25, 0.3) is 0 Å². The first-order valence-corrected chi connectivity index (χ1v) is 8.06. The Morgan fingerprint density at radius 2 is 1.64 bits per heavy atom. The molecule has 2 rings (SSSR count). The lowest BCUT2D eigenvalue weighted by atomic mass is 10.1. The first-order chi connectivity index (χ1) is 13.1. The Bertz CT molecular complexity index is 896. The Labute approximate surface area is 158 Å². The number of nitrogens with two attached hydrogens (primary N) is 1. The number of primary amides is 1. The number of carbonyl (C=O) groups is 3. The maximum absolute atomic E-state index is 12.6. The lowest BCUT2D eigenvalue weighted by molar-refractivity contribution is -0.141. The second-order valence-corrected chi connectivity index (χ2v) is 5.86. The van der Waals surface area contributed by atoms with Gasteiger partial charge in [0.1, 0.15) is 5.69 Å². The molecule has 0 unspecified atom stereocenters. The van der Waals surface area contributed by atoms with Crippen molar-refractivity contribution in [2.45, 2.75) is 19.6 Å². The molecular formula is C18H17F3N4O3. The summed E-state index contributed by atoms with van der Waals surface area (Å²) in [7, 11) is 0. The Hall–Kier alpha value is -3.43. The average molecular weight is 394 g/mol. The van der Waals surface area contributed by atoms with Gasteiger partial charge < -0.3 is 16.4 Å². The number of aromatic nitrogens is 1. The number of benzene rings is 1. The molecule has 148 valence electrons. The van der Waals surface area contributed by atoms with Crippen molar-refractivity contribution in [1.82, 2.24) is 15.6 Å². The standard InChI is InChI=1S/C18H17F3N4O3/c1-10-13(6-7-14(25-10)18(19,20)21)17(28)23-8-11-2-4-12(5-3-11)16(27)24-9-15(22)26/h2-7H,8-9H2,1H3,(H2,22,26)(H,23,28)(H,24,27). The van der Waals surface area contributed by atoms with Gasteiger partial charge in [0.15, 0.2) is 0 Å². The quantitative estimate of drug-likeness (QED) is 0.690. The van der Waals surface area contributed by atoms with Crippen LogP contribution in [0.5, 0.6) is 0 Å². The maximum atomic E-state index is 12.6. The monoisotopic (exact) mass is 394 g/mol. The molecule has 0 saturated heterocycles. The molecule has 7 nitrogen and oxygen atoms in total. The molecule has 0 aliphatic rings. The number of pyridine rings is 1. The maximum Gasteiger partial charge on any atom is 0.433 e. The third-order valence-electron chi connectivity index (χ3n) is 3.71. The summed E-state index contributed by atoms with van der Waals surface area (Å²) in [6, 6.07) is 8.02. The minimum absolute atomic E-state index is 0.0335. The van der Waals surface area contributed by atoms with Crippen LogP contribution >= 0.6 is 0 Å². The predicted octanol–water partition coefficient (Wildman–Crippen LogP) is 1.55. The van der Waals surface area contributed by atoms with E-state index in [4.69, 9.17) is 5.73 Å². The van der Waals surface area contributed by atoms with E-state index in [1.165, 1.54) is 19.1 Å². The summed E-state index contributed by atoms with van der Waals surface area (Å²) in [4.78, 5) is 38.0. The van der Waals surface area contributed by atoms with Crippen molar-refractivity contribution < 1.29 is 27.6 Å². The molecule has 0 radical (unpaired) electrons. The summed E-state index contributed by atoms with van der Waals surface area (Å²) in [5, 5.41) is 4.92. The van der Waals surface area contributed by atoms with Crippen LogP contribution in [0.15, 0.2) is 36.4 Å². The lowest BCUT2D eigenvalue weighted by Gasteiger charge is -2.11. The molecule has 0 spiro atoms. The molecule has 0 fully saturated rings. The minimum Gasteiger partial charge on any atom is -0.368 e. The highest BCUT2D eigenvalue weighted by Gasteiger charge is 2.33. The molecule has 0 bridgehead atoms. The van der Waals surface area contributed by atoms with Gasteiger partial charge >= 0.3 is 6.18 Å². The van der Waals surface area contributed by atoms with E-state index >= 15 is 0 Å². The van der Waals surface area contributed by atoms with Crippen molar-refractivity contribution in [2.75, 3.05) is 6.54 Å². The van der Waals surface area contributed by atoms with Crippen LogP contribution in [0.2, 0.25) is 0 Å². The SMILES string of the molecule is Cc1nc(C(F)(F)F)ccc1C(=O)NCc1ccc(C(=O)NCC(N)=O)cc1. The van der Waals surface area contributed by atoms with Crippen LogP contribution in [0, 0.1) is 6.92 Å². The van der Waals surface area contributed by atoms with Crippen molar-refractivity contribution in [1.29, 1.82) is 0 Å². The molecule has 2 aromatic rings. The van der Waals surface area contributed by atoms with E-state index in [1.807, 2.05) is 0 Å². The number of rotatable bonds is 6. The second kappa shape index (κ2) is 8.51. The number of nitrogens with zero attached hydrogens (tertiary/aromatic N) is 1. The highest BCUT2D eigenvalue weighted by molar-refractivity contribution is 5.96. The van der Waals surface area contributed by atoms with Gasteiger partial charge in [0, 0.05) is 12.1 Å². The summed E-state index contributed by atoms with van der Waals surface area (Å²) in [6.45, 7) is 1.14. The van der Waals surface area contributed by atoms with Crippen molar-refractivity contribution in [3.63, 3.8) is 0 Å². The van der Waals surface area contributed by atoms with Gasteiger partial charge in [-0.15, -0.1) is 0 Å². The van der Waals surface area contributed by atoms with Crippen LogP contribution in [0.1, 0.15) is 37.7 Å². The van der Waals surface area contributed by atoms with Gasteiger partial charge in [-0.2, -0.15) is 13.2 Å². The number of amides is 3. The van der Waals surface area contributed by atoms with E-state index in [0.29, 0.717) is 11.1 Å². The van der Waals surface area contributed by atoms with E-state index in [1.54, 1.807) is 12.1 Å². The number of hydrogen-bond acceptors (Lipinski definition) is 4. The largest absolute Gasteiger partial charge is 0.433 e. The molecular weight excluding hydrogens is 377 g/mol. The highest BCUT2D eigenvalue weighted by Crippen LogP contribution is 2.28. The first-order valence-electron chi connectivity index (χ1n) is 8.06. The molecule has 0 saturated carbocycles. The van der Waals surface area contributed by atoms with Crippen LogP contribution in [0.3, 0.4) is 0 Å². The molecule has 10 heteroatoms. The molecule has 3 amide bonds. The summed E-state index contributed by atoms with van der Waals surface area (Å²) >= 11 is 0. The van der Waals surface area contributed by atoms with Gasteiger partial charge in [0.25, 0.3) is 11.8 Å². The van der Waals surface area contributed by atoms with Crippen LogP contribution in [-0.2, 0) is 17.5 Å². The number of alkyl halides is 3. The van der Waals surface area contributed by atoms with Crippen molar-refractivity contribution in [3.8, 4) is 0 Å². The van der Waals surface area contributed by atoms with Gasteiger partial charge in [0.05, 0.1) is 17.8 Å². The van der Waals surface area contributed by atoms with E-state index in [2.05, 4.69) is 15.6 Å². The molecule has 28 heavy (non-hydrogen) atoms. The van der Waals surface area contributed by atoms with E-state index < -0.39 is 29.6 Å². The molecule has 1 aromatic heterocycles. The van der Waals surface area contributed by atoms with E-state index in [9.17, 15) is 27.6 Å². The van der Waals surface area contributed by atoms with Gasteiger partial charge in [-0.25, -0.2) is 4.98 Å². The fraction of sp³-hybridized carbons (Fsp3) is 0.222. The van der Waals surface area contributed by atoms with Crippen LogP contribution < -0.4 is 16.4 Å². The zero-order valence-corrected chi connectivity index (χ0v) is 14.8. The van der Waals surface area contributed by atoms with Gasteiger partial charge in [-0.1, -0.05) is 12.1 Å². The van der Waals surface area contributed by atoms with Gasteiger partial charge in [0.2, 0.25) is 5.91 Å². The summed E-state index contributed by atoms with van der Waals surface area (Å²) < 4.78 is 37.9. The zero-order chi connectivity index (χ0) is 20.9. The number of halogens is 3. The van der Waals surface area contributed by atoms with E-state index in [-0.39, 0.29) is 24.3 Å². The molecule has 1 aromatic carbocycles. The Morgan fingerprint density at radius 1 is 1.00 bits per heavy atom. The third-order valence-corrected chi connectivity index (χ3v) is 3.71. The molecule has 0 aliphatic heterocycles. The van der Waals surface area contributed by atoms with Crippen LogP contribution in [-0.4, -0.2) is 29.3 Å². The minimum atomic E-state index is -4.58. The second-order valence-electron chi connectivity index (χ2n) is 5.86. The third kappa shape index (κ3) is 5.53. The fourth-order valence-electron chi connectivity index (χ4n) is 2.28. The van der Waals surface area contributed by atoms with Crippen molar-refractivity contribution >= 4 is 17.7 Å². The predicted molar refractivity (Wildman–Crippen MR) is 93.1 cm³/mol. The van der Waals surface area contributed by atoms with Crippen molar-refractivity contribution in [3.05, 3.63) is 64.5 Å². The number of carbonyl (C=O) groups excluding carboxylic acids is 3. The normalized spacial score (nSPS) is 11.0. The van der Waals surface area contributed by atoms with Gasteiger partial charge in [-0.3, -0.25) is 14.4 Å². The van der Waals surface area contributed by atoms with Crippen LogP contribution in [0.4, 0.5) is 13.2 Å². The lowest BCUT2D eigenvalue weighted by Crippen LogP contribution is -2.33. The topological polar surface area (TPSA) is 114 Å². The summed E-state index contributed by atoms with van der Waals surface area (Å²) in [5.41, 5.74) is 4.85. The smallest absolute Gasteiger partial charge is 0.368 e. The Balaban J connectivity index is 1.97. The van der Waals surface area contributed by atoms with Crippen molar-refractivity contribution in [2.24, 2.45) is 5.73 Å². The fourth-order valence-corrected chi connectivity index (χ4v) is 2.28. The first kappa shape index (κ1) is 20.9. The number of nitrogens with one attached hydrogen (secondary N) is 2. The van der Waals surface area contributed by atoms with Gasteiger partial charge in [-0.05, 0) is 36.8 Å². The average Bonchev–Trinajstić information content (AvgIpc) is 2.63. The molecule has 1 heterocycles. The van der Waals surface area contributed by atoms with E-state index in [0.717, 1.165) is 12.1 Å². The molecule has 4 N–H and O–H groups in total. The number of aryl methyl sites for hydroxylation is 1. The summed E-state index contributed by atoms with van der Waals surface area (Å²) in [5.74, 6) is -1.71. The molecule has 0 aliphatic carbocycles. The molecule has 0 atom stereocenters.